The Hall–Kier alpha value is -3.43. The van der Waals surface area contributed by atoms with Crippen molar-refractivity contribution in [1.29, 1.82) is 0 Å². The van der Waals surface area contributed by atoms with Gasteiger partial charge in [0.05, 0.1) is 16.9 Å². The Morgan fingerprint density at radius 1 is 1.11 bits per heavy atom. The lowest BCUT2D eigenvalue weighted by molar-refractivity contribution is -0.385. The van der Waals surface area contributed by atoms with Crippen LogP contribution in [-0.2, 0) is 28.6 Å². The minimum atomic E-state index is -4.48. The number of nitrogens with zero attached hydrogens (tertiary/aromatic N) is 1. The Kier molecular flexibility index (Phi) is 6.34. The first-order valence-corrected chi connectivity index (χ1v) is 8.05. The van der Waals surface area contributed by atoms with Crippen molar-refractivity contribution in [3.05, 3.63) is 75.3 Å². The van der Waals surface area contributed by atoms with Gasteiger partial charge in [-0.05, 0) is 17.7 Å². The standard InChI is InChI=1S/C18H16F3N3O4/c19-18(20,21)13-7-5-11(6-8-13)9-16(25)23-14(17(22)26)10-12-3-1-2-4-15(12)24(27)28/h1-8,14H,9-10H2,(H2,22,26)(H,23,25)/t14-/m0/s1. The number of nitro benzene ring substituents is 1. The summed E-state index contributed by atoms with van der Waals surface area (Å²) in [6.45, 7) is 0. The highest BCUT2D eigenvalue weighted by atomic mass is 19.4. The molecule has 0 spiro atoms. The Morgan fingerprint density at radius 3 is 2.25 bits per heavy atom. The molecule has 2 amide bonds. The number of nitrogens with two attached hydrogens (primary N) is 1. The second-order valence-corrected chi connectivity index (χ2v) is 5.98. The molecule has 10 heteroatoms. The van der Waals surface area contributed by atoms with Crippen LogP contribution >= 0.6 is 0 Å². The second-order valence-electron chi connectivity index (χ2n) is 5.98. The van der Waals surface area contributed by atoms with Crippen LogP contribution in [0.1, 0.15) is 16.7 Å². The molecule has 2 rings (SSSR count). The molecule has 0 saturated heterocycles. The maximum Gasteiger partial charge on any atom is 0.416 e. The minimum Gasteiger partial charge on any atom is -0.368 e. The third-order valence-electron chi connectivity index (χ3n) is 3.94. The summed E-state index contributed by atoms with van der Waals surface area (Å²) < 4.78 is 37.7. The van der Waals surface area contributed by atoms with Crippen LogP contribution in [0.5, 0.6) is 0 Å². The van der Waals surface area contributed by atoms with E-state index in [1.807, 2.05) is 0 Å². The van der Waals surface area contributed by atoms with Gasteiger partial charge in [-0.3, -0.25) is 19.7 Å². The minimum absolute atomic E-state index is 0.189. The monoisotopic (exact) mass is 395 g/mol. The number of rotatable bonds is 7. The Labute approximate surface area is 157 Å². The molecule has 0 aliphatic carbocycles. The number of halogens is 3. The zero-order valence-electron chi connectivity index (χ0n) is 14.4. The molecule has 0 radical (unpaired) electrons. The van der Waals surface area contributed by atoms with Gasteiger partial charge in [0.1, 0.15) is 6.04 Å². The molecule has 0 saturated carbocycles. The number of alkyl halides is 3. The number of carbonyl (C=O) groups excluding carboxylic acids is 2. The van der Waals surface area contributed by atoms with E-state index in [0.717, 1.165) is 24.3 Å². The molecule has 2 aromatic rings. The molecular formula is C18H16F3N3O4. The Balaban J connectivity index is 2.07. The molecule has 3 N–H and O–H groups in total. The van der Waals surface area contributed by atoms with E-state index in [-0.39, 0.29) is 24.1 Å². The topological polar surface area (TPSA) is 115 Å². The third-order valence-corrected chi connectivity index (χ3v) is 3.94. The highest BCUT2D eigenvalue weighted by molar-refractivity contribution is 5.87. The van der Waals surface area contributed by atoms with E-state index in [1.165, 1.54) is 18.2 Å². The summed E-state index contributed by atoms with van der Waals surface area (Å²) >= 11 is 0. The number of para-hydroxylation sites is 1. The van der Waals surface area contributed by atoms with Crippen LogP contribution in [0.15, 0.2) is 48.5 Å². The summed E-state index contributed by atoms with van der Waals surface area (Å²) in [5.41, 5.74) is 4.73. The molecule has 0 aromatic heterocycles. The van der Waals surface area contributed by atoms with Gasteiger partial charge in [0.2, 0.25) is 11.8 Å². The number of amides is 2. The van der Waals surface area contributed by atoms with Gasteiger partial charge >= 0.3 is 6.18 Å². The fraction of sp³-hybridized carbons (Fsp3) is 0.222. The average molecular weight is 395 g/mol. The molecule has 0 fully saturated rings. The summed E-state index contributed by atoms with van der Waals surface area (Å²) in [6, 6.07) is 8.52. The lowest BCUT2D eigenvalue weighted by atomic mass is 10.0. The molecule has 28 heavy (non-hydrogen) atoms. The number of hydrogen-bond acceptors (Lipinski definition) is 4. The normalized spacial score (nSPS) is 12.2. The zero-order chi connectivity index (χ0) is 20.9. The van der Waals surface area contributed by atoms with E-state index in [0.29, 0.717) is 5.56 Å². The van der Waals surface area contributed by atoms with Crippen molar-refractivity contribution in [3.63, 3.8) is 0 Å². The fourth-order valence-corrected chi connectivity index (χ4v) is 2.55. The third kappa shape index (κ3) is 5.53. The summed E-state index contributed by atoms with van der Waals surface area (Å²) in [7, 11) is 0. The van der Waals surface area contributed by atoms with Gasteiger partial charge in [0, 0.05) is 18.1 Å². The average Bonchev–Trinajstić information content (AvgIpc) is 2.61. The van der Waals surface area contributed by atoms with Gasteiger partial charge < -0.3 is 11.1 Å². The molecule has 0 bridgehead atoms. The van der Waals surface area contributed by atoms with Crippen LogP contribution in [0.4, 0.5) is 18.9 Å². The van der Waals surface area contributed by atoms with Crippen LogP contribution in [0.25, 0.3) is 0 Å². The first-order valence-electron chi connectivity index (χ1n) is 8.05. The van der Waals surface area contributed by atoms with Crippen molar-refractivity contribution >= 4 is 17.5 Å². The number of nitro groups is 1. The van der Waals surface area contributed by atoms with Crippen molar-refractivity contribution < 1.29 is 27.7 Å². The van der Waals surface area contributed by atoms with Crippen molar-refractivity contribution in [1.82, 2.24) is 5.32 Å². The van der Waals surface area contributed by atoms with Crippen molar-refractivity contribution in [3.8, 4) is 0 Å². The smallest absolute Gasteiger partial charge is 0.368 e. The van der Waals surface area contributed by atoms with Gasteiger partial charge in [0.15, 0.2) is 0 Å². The fourth-order valence-electron chi connectivity index (χ4n) is 2.55. The first kappa shape index (κ1) is 20.9. The second kappa shape index (κ2) is 8.51. The van der Waals surface area contributed by atoms with Crippen LogP contribution in [0, 0.1) is 10.1 Å². The van der Waals surface area contributed by atoms with E-state index in [1.54, 1.807) is 6.07 Å². The molecule has 0 aliphatic heterocycles. The predicted octanol–water partition coefficient (Wildman–Crippen LogP) is 2.37. The lowest BCUT2D eigenvalue weighted by Gasteiger charge is -2.16. The van der Waals surface area contributed by atoms with Crippen LogP contribution in [0.3, 0.4) is 0 Å². The van der Waals surface area contributed by atoms with E-state index in [9.17, 15) is 32.9 Å². The van der Waals surface area contributed by atoms with E-state index in [4.69, 9.17) is 5.73 Å². The zero-order valence-corrected chi connectivity index (χ0v) is 14.4. The molecule has 0 aliphatic rings. The van der Waals surface area contributed by atoms with Crippen LogP contribution in [-0.4, -0.2) is 22.8 Å². The molecule has 0 unspecified atom stereocenters. The highest BCUT2D eigenvalue weighted by Crippen LogP contribution is 2.29. The Morgan fingerprint density at radius 2 is 1.71 bits per heavy atom. The van der Waals surface area contributed by atoms with Gasteiger partial charge in [-0.25, -0.2) is 0 Å². The molecule has 2 aromatic carbocycles. The van der Waals surface area contributed by atoms with Gasteiger partial charge in [0.25, 0.3) is 5.69 Å². The van der Waals surface area contributed by atoms with Crippen LogP contribution in [0.2, 0.25) is 0 Å². The largest absolute Gasteiger partial charge is 0.416 e. The van der Waals surface area contributed by atoms with E-state index < -0.39 is 34.5 Å². The van der Waals surface area contributed by atoms with Crippen molar-refractivity contribution in [2.75, 3.05) is 0 Å². The van der Waals surface area contributed by atoms with Gasteiger partial charge in [-0.1, -0.05) is 30.3 Å². The predicted molar refractivity (Wildman–Crippen MR) is 93.1 cm³/mol. The lowest BCUT2D eigenvalue weighted by Crippen LogP contribution is -2.46. The molecule has 148 valence electrons. The molecule has 1 atom stereocenters. The number of hydrogen-bond donors (Lipinski definition) is 2. The summed E-state index contributed by atoms with van der Waals surface area (Å²) in [5.74, 6) is -1.54. The highest BCUT2D eigenvalue weighted by Gasteiger charge is 2.30. The molecule has 7 nitrogen and oxygen atoms in total. The number of benzene rings is 2. The van der Waals surface area contributed by atoms with Crippen molar-refractivity contribution in [2.45, 2.75) is 25.1 Å². The number of primary amides is 1. The molecular weight excluding hydrogens is 379 g/mol. The van der Waals surface area contributed by atoms with E-state index in [2.05, 4.69) is 5.32 Å². The van der Waals surface area contributed by atoms with Crippen LogP contribution < -0.4 is 11.1 Å². The van der Waals surface area contributed by atoms with Gasteiger partial charge in [-0.15, -0.1) is 0 Å². The number of nitrogens with one attached hydrogen (secondary N) is 1. The number of carbonyl (C=O) groups is 2. The first-order chi connectivity index (χ1) is 13.1. The van der Waals surface area contributed by atoms with Crippen molar-refractivity contribution in [2.24, 2.45) is 5.73 Å². The maximum absolute atomic E-state index is 12.6. The maximum atomic E-state index is 12.6. The SMILES string of the molecule is NC(=O)[C@H](Cc1ccccc1[N+](=O)[O-])NC(=O)Cc1ccc(C(F)(F)F)cc1. The van der Waals surface area contributed by atoms with E-state index >= 15 is 0 Å². The Bertz CT molecular complexity index is 882. The quantitative estimate of drug-likeness (QED) is 0.553. The molecule has 0 heterocycles. The van der Waals surface area contributed by atoms with Gasteiger partial charge in [-0.2, -0.15) is 13.2 Å². The summed E-state index contributed by atoms with van der Waals surface area (Å²) in [6.07, 6.45) is -4.95. The summed E-state index contributed by atoms with van der Waals surface area (Å²) in [5, 5.41) is 13.4. The summed E-state index contributed by atoms with van der Waals surface area (Å²) in [4.78, 5) is 34.2.